The fraction of sp³-hybridized carbons (Fsp3) is 0.286. The van der Waals surface area contributed by atoms with E-state index in [-0.39, 0.29) is 17.1 Å². The van der Waals surface area contributed by atoms with Crippen molar-refractivity contribution in [3.63, 3.8) is 0 Å². The summed E-state index contributed by atoms with van der Waals surface area (Å²) in [5.41, 5.74) is 1.09. The standard InChI is InChI=1S/C14H11ClF3NO3/c1-7(2)9-6-12(20)19(13(9)21)11-4-3-8(5-10(11)15)22-14(16,17)18/h3-5H,6H2,1-2H3. The van der Waals surface area contributed by atoms with Crippen molar-refractivity contribution in [3.8, 4) is 5.75 Å². The summed E-state index contributed by atoms with van der Waals surface area (Å²) in [5, 5.41) is -0.182. The van der Waals surface area contributed by atoms with Crippen molar-refractivity contribution in [1.29, 1.82) is 0 Å². The van der Waals surface area contributed by atoms with Gasteiger partial charge in [0.25, 0.3) is 5.91 Å². The van der Waals surface area contributed by atoms with Gasteiger partial charge in [0.15, 0.2) is 0 Å². The quantitative estimate of drug-likeness (QED) is 0.610. The first-order chi connectivity index (χ1) is 10.1. The van der Waals surface area contributed by atoms with Gasteiger partial charge >= 0.3 is 6.36 Å². The molecule has 1 fully saturated rings. The zero-order chi connectivity index (χ0) is 16.7. The smallest absolute Gasteiger partial charge is 0.406 e. The van der Waals surface area contributed by atoms with Crippen molar-refractivity contribution in [3.05, 3.63) is 34.4 Å². The van der Waals surface area contributed by atoms with Gasteiger partial charge in [0.1, 0.15) is 5.75 Å². The van der Waals surface area contributed by atoms with Gasteiger partial charge in [-0.25, -0.2) is 4.90 Å². The molecule has 0 saturated carbocycles. The maximum Gasteiger partial charge on any atom is 0.573 e. The summed E-state index contributed by atoms with van der Waals surface area (Å²) in [5.74, 6) is -1.52. The Bertz CT molecular complexity index is 678. The number of ether oxygens (including phenoxy) is 1. The van der Waals surface area contributed by atoms with Gasteiger partial charge in [0.2, 0.25) is 5.91 Å². The van der Waals surface area contributed by atoms with Crippen LogP contribution < -0.4 is 9.64 Å². The fourth-order valence-corrected chi connectivity index (χ4v) is 2.31. The van der Waals surface area contributed by atoms with Gasteiger partial charge in [-0.15, -0.1) is 13.2 Å². The molecule has 2 amide bonds. The van der Waals surface area contributed by atoms with Crippen LogP contribution >= 0.6 is 11.6 Å². The third-order valence-corrected chi connectivity index (χ3v) is 3.34. The van der Waals surface area contributed by atoms with Crippen molar-refractivity contribution in [2.24, 2.45) is 0 Å². The van der Waals surface area contributed by atoms with Gasteiger partial charge in [0.05, 0.1) is 17.1 Å². The summed E-state index contributed by atoms with van der Waals surface area (Å²) in [6.45, 7) is 3.40. The van der Waals surface area contributed by atoms with E-state index in [1.165, 1.54) is 0 Å². The number of allylic oxidation sites excluding steroid dienone is 1. The average Bonchev–Trinajstić information content (AvgIpc) is 2.64. The van der Waals surface area contributed by atoms with Gasteiger partial charge in [-0.3, -0.25) is 9.59 Å². The van der Waals surface area contributed by atoms with E-state index < -0.39 is 23.9 Å². The Morgan fingerprint density at radius 2 is 1.91 bits per heavy atom. The lowest BCUT2D eigenvalue weighted by Crippen LogP contribution is -2.29. The number of nitrogens with zero attached hydrogens (tertiary/aromatic N) is 1. The molecule has 0 spiro atoms. The van der Waals surface area contributed by atoms with Crippen LogP contribution in [0.15, 0.2) is 29.3 Å². The van der Waals surface area contributed by atoms with E-state index in [9.17, 15) is 22.8 Å². The van der Waals surface area contributed by atoms with Gasteiger partial charge < -0.3 is 4.74 Å². The number of rotatable bonds is 2. The van der Waals surface area contributed by atoms with E-state index in [4.69, 9.17) is 11.6 Å². The van der Waals surface area contributed by atoms with Crippen LogP contribution in [0.1, 0.15) is 20.3 Å². The molecule has 8 heteroatoms. The van der Waals surface area contributed by atoms with Crippen LogP contribution in [0, 0.1) is 0 Å². The minimum Gasteiger partial charge on any atom is -0.406 e. The normalized spacial score (nSPS) is 15.5. The van der Waals surface area contributed by atoms with Crippen LogP contribution in [0.2, 0.25) is 5.02 Å². The second-order valence-corrected chi connectivity index (χ2v) is 5.26. The Balaban J connectivity index is 2.36. The van der Waals surface area contributed by atoms with Crippen molar-refractivity contribution in [2.45, 2.75) is 26.6 Å². The molecule has 0 aliphatic carbocycles. The van der Waals surface area contributed by atoms with Crippen LogP contribution in [0.25, 0.3) is 0 Å². The van der Waals surface area contributed by atoms with E-state index in [1.807, 2.05) is 0 Å². The number of carbonyl (C=O) groups is 2. The molecular formula is C14H11ClF3NO3. The molecule has 2 rings (SSSR count). The first-order valence-electron chi connectivity index (χ1n) is 6.19. The van der Waals surface area contributed by atoms with Crippen LogP contribution in [0.5, 0.6) is 5.75 Å². The number of hydrogen-bond acceptors (Lipinski definition) is 3. The minimum atomic E-state index is -4.85. The summed E-state index contributed by atoms with van der Waals surface area (Å²) < 4.78 is 40.2. The topological polar surface area (TPSA) is 46.6 Å². The molecule has 1 aromatic rings. The first-order valence-corrected chi connectivity index (χ1v) is 6.57. The van der Waals surface area contributed by atoms with Crippen LogP contribution in [-0.4, -0.2) is 18.2 Å². The number of anilines is 1. The molecule has 1 heterocycles. The molecule has 22 heavy (non-hydrogen) atoms. The molecule has 0 unspecified atom stereocenters. The number of carbonyl (C=O) groups excluding carboxylic acids is 2. The van der Waals surface area contributed by atoms with Crippen molar-refractivity contribution >= 4 is 29.1 Å². The van der Waals surface area contributed by atoms with E-state index >= 15 is 0 Å². The summed E-state index contributed by atoms with van der Waals surface area (Å²) in [7, 11) is 0. The molecule has 118 valence electrons. The molecule has 0 aromatic heterocycles. The number of hydrogen-bond donors (Lipinski definition) is 0. The molecule has 0 atom stereocenters. The minimum absolute atomic E-state index is 0.0300. The van der Waals surface area contributed by atoms with E-state index in [1.54, 1.807) is 13.8 Å². The lowest BCUT2D eigenvalue weighted by atomic mass is 10.1. The maximum atomic E-state index is 12.2. The Morgan fingerprint density at radius 1 is 1.27 bits per heavy atom. The second-order valence-electron chi connectivity index (χ2n) is 4.85. The molecule has 1 aliphatic rings. The van der Waals surface area contributed by atoms with E-state index in [0.717, 1.165) is 23.1 Å². The Morgan fingerprint density at radius 3 is 2.36 bits per heavy atom. The number of imide groups is 1. The summed E-state index contributed by atoms with van der Waals surface area (Å²) in [6, 6.07) is 3.05. The zero-order valence-corrected chi connectivity index (χ0v) is 12.4. The highest BCUT2D eigenvalue weighted by atomic mass is 35.5. The average molecular weight is 334 g/mol. The largest absolute Gasteiger partial charge is 0.573 e. The van der Waals surface area contributed by atoms with Crippen LogP contribution in [-0.2, 0) is 9.59 Å². The molecule has 4 nitrogen and oxygen atoms in total. The molecule has 0 bridgehead atoms. The number of alkyl halides is 3. The molecule has 1 saturated heterocycles. The summed E-state index contributed by atoms with van der Waals surface area (Å²) in [6.07, 6.45) is -4.91. The van der Waals surface area contributed by atoms with Crippen LogP contribution in [0.3, 0.4) is 0 Å². The number of halogens is 4. The third-order valence-electron chi connectivity index (χ3n) is 3.04. The second kappa shape index (κ2) is 5.64. The molecular weight excluding hydrogens is 323 g/mol. The molecule has 0 radical (unpaired) electrons. The molecule has 1 aliphatic heterocycles. The number of benzene rings is 1. The Hall–Kier alpha value is -2.02. The summed E-state index contributed by atoms with van der Waals surface area (Å²) >= 11 is 5.89. The summed E-state index contributed by atoms with van der Waals surface area (Å²) in [4.78, 5) is 25.0. The highest BCUT2D eigenvalue weighted by molar-refractivity contribution is 6.37. The Kier molecular flexibility index (Phi) is 4.19. The molecule has 1 aromatic carbocycles. The van der Waals surface area contributed by atoms with E-state index in [2.05, 4.69) is 4.74 Å². The van der Waals surface area contributed by atoms with Crippen molar-refractivity contribution in [1.82, 2.24) is 0 Å². The monoisotopic (exact) mass is 333 g/mol. The predicted molar refractivity (Wildman–Crippen MR) is 73.6 cm³/mol. The molecule has 0 N–H and O–H groups in total. The van der Waals surface area contributed by atoms with Gasteiger partial charge in [-0.1, -0.05) is 17.2 Å². The van der Waals surface area contributed by atoms with Gasteiger partial charge in [-0.2, -0.15) is 0 Å². The van der Waals surface area contributed by atoms with Crippen molar-refractivity contribution in [2.75, 3.05) is 4.90 Å². The van der Waals surface area contributed by atoms with Gasteiger partial charge in [-0.05, 0) is 26.0 Å². The number of amides is 2. The first kappa shape index (κ1) is 16.4. The van der Waals surface area contributed by atoms with E-state index in [0.29, 0.717) is 11.1 Å². The predicted octanol–water partition coefficient (Wildman–Crippen LogP) is 3.84. The maximum absolute atomic E-state index is 12.2. The highest BCUT2D eigenvalue weighted by Crippen LogP contribution is 2.36. The third kappa shape index (κ3) is 3.24. The Labute approximate surface area is 129 Å². The van der Waals surface area contributed by atoms with Crippen molar-refractivity contribution < 1.29 is 27.5 Å². The fourth-order valence-electron chi connectivity index (χ4n) is 2.05. The lowest BCUT2D eigenvalue weighted by Gasteiger charge is -2.16. The SMILES string of the molecule is CC(C)=C1CC(=O)N(c2ccc(OC(F)(F)F)cc2Cl)C1=O. The van der Waals surface area contributed by atoms with Gasteiger partial charge in [0, 0.05) is 11.6 Å². The van der Waals surface area contributed by atoms with Crippen LogP contribution in [0.4, 0.5) is 18.9 Å². The highest BCUT2D eigenvalue weighted by Gasteiger charge is 2.37. The lowest BCUT2D eigenvalue weighted by molar-refractivity contribution is -0.274. The zero-order valence-electron chi connectivity index (χ0n) is 11.6.